The number of ether oxygens (including phenoxy) is 1. The lowest BCUT2D eigenvalue weighted by Crippen LogP contribution is -2.48. The van der Waals surface area contributed by atoms with Crippen molar-refractivity contribution in [2.45, 2.75) is 10.9 Å². The van der Waals surface area contributed by atoms with Crippen LogP contribution >= 0.6 is 0 Å². The summed E-state index contributed by atoms with van der Waals surface area (Å²) in [6.07, 6.45) is 6.39. The summed E-state index contributed by atoms with van der Waals surface area (Å²) in [5, 5.41) is 3.66. The molecule has 0 saturated carbocycles. The smallest absolute Gasteiger partial charge is 0.251 e. The quantitative estimate of drug-likeness (QED) is 0.505. The molecule has 1 unspecified atom stereocenters. The molecule has 9 heteroatoms. The van der Waals surface area contributed by atoms with E-state index in [1.165, 1.54) is 6.07 Å². The Morgan fingerprint density at radius 3 is 2.59 bits per heavy atom. The van der Waals surface area contributed by atoms with E-state index >= 15 is 0 Å². The van der Waals surface area contributed by atoms with Crippen LogP contribution in [0.2, 0.25) is 0 Å². The summed E-state index contributed by atoms with van der Waals surface area (Å²) in [5.74, 6) is -0.230. The number of aromatic nitrogens is 3. The van der Waals surface area contributed by atoms with Crippen molar-refractivity contribution in [1.29, 1.82) is 0 Å². The van der Waals surface area contributed by atoms with Crippen molar-refractivity contribution in [2.75, 3.05) is 19.5 Å². The van der Waals surface area contributed by atoms with Gasteiger partial charge in [-0.1, -0.05) is 24.3 Å². The molecule has 0 aliphatic carbocycles. The summed E-state index contributed by atoms with van der Waals surface area (Å²) in [6, 6.07) is 11.6. The number of nitrogens with one attached hydrogen (secondary N) is 1. The van der Waals surface area contributed by atoms with Gasteiger partial charge in [0, 0.05) is 46.9 Å². The molecule has 1 aliphatic rings. The Morgan fingerprint density at radius 2 is 1.94 bits per heavy atom. The molecule has 0 radical (unpaired) electrons. The highest BCUT2D eigenvalue weighted by Crippen LogP contribution is 2.28. The molecule has 0 bridgehead atoms. The second-order valence-electron chi connectivity index (χ2n) is 7.51. The maximum absolute atomic E-state index is 14.1. The summed E-state index contributed by atoms with van der Waals surface area (Å²) < 4.78 is 33.2. The molecule has 2 aromatic heterocycles. The van der Waals surface area contributed by atoms with E-state index < -0.39 is 10.8 Å². The van der Waals surface area contributed by atoms with Crippen LogP contribution in [0.25, 0.3) is 28.0 Å². The number of halogens is 1. The van der Waals surface area contributed by atoms with Crippen molar-refractivity contribution in [2.24, 2.45) is 0 Å². The normalized spacial score (nSPS) is 14.8. The predicted molar refractivity (Wildman–Crippen MR) is 119 cm³/mol. The third-order valence-electron chi connectivity index (χ3n) is 5.35. The van der Waals surface area contributed by atoms with Gasteiger partial charge >= 0.3 is 0 Å². The topological polar surface area (TPSA) is 86.1 Å². The van der Waals surface area contributed by atoms with Gasteiger partial charge in [0.15, 0.2) is 0 Å². The summed E-state index contributed by atoms with van der Waals surface area (Å²) in [4.78, 5) is 22.0. The van der Waals surface area contributed by atoms with Crippen molar-refractivity contribution in [3.63, 3.8) is 0 Å². The molecule has 4 aromatic rings. The van der Waals surface area contributed by atoms with Crippen LogP contribution in [-0.4, -0.2) is 50.2 Å². The van der Waals surface area contributed by atoms with E-state index in [-0.39, 0.29) is 17.8 Å². The van der Waals surface area contributed by atoms with E-state index in [0.29, 0.717) is 46.3 Å². The first-order chi connectivity index (χ1) is 15.5. The van der Waals surface area contributed by atoms with Crippen LogP contribution in [0.1, 0.15) is 10.4 Å². The average molecular weight is 450 g/mol. The molecular formula is C23H19FN4O3S. The van der Waals surface area contributed by atoms with E-state index in [1.807, 2.05) is 0 Å². The fourth-order valence-electron chi connectivity index (χ4n) is 3.60. The fourth-order valence-corrected chi connectivity index (χ4v) is 4.34. The molecule has 1 amide bonds. The molecule has 5 rings (SSSR count). The zero-order chi connectivity index (χ0) is 22.2. The Bertz CT molecular complexity index is 1350. The molecule has 3 heterocycles. The summed E-state index contributed by atoms with van der Waals surface area (Å²) in [5.41, 5.74) is 2.09. The minimum atomic E-state index is -1.26. The van der Waals surface area contributed by atoms with Crippen molar-refractivity contribution >= 4 is 27.6 Å². The first-order valence-electron chi connectivity index (χ1n) is 9.96. The number of carbonyl (C=O) groups is 1. The molecule has 1 saturated heterocycles. The maximum atomic E-state index is 14.1. The van der Waals surface area contributed by atoms with Gasteiger partial charge in [-0.25, -0.2) is 14.4 Å². The molecule has 162 valence electrons. The lowest BCUT2D eigenvalue weighted by molar-refractivity contribution is -0.00346. The number of benzene rings is 2. The Balaban J connectivity index is 1.56. The summed E-state index contributed by atoms with van der Waals surface area (Å²) in [7, 11) is -1.26. The first kappa shape index (κ1) is 20.5. The number of nitrogens with zero attached hydrogens (tertiary/aromatic N) is 3. The molecule has 1 aliphatic heterocycles. The number of rotatable bonds is 5. The monoisotopic (exact) mass is 450 g/mol. The fraction of sp³-hybridized carbons (Fsp3) is 0.174. The van der Waals surface area contributed by atoms with Gasteiger partial charge in [-0.2, -0.15) is 0 Å². The van der Waals surface area contributed by atoms with E-state index in [2.05, 4.69) is 15.3 Å². The number of hydrogen-bond acceptors (Lipinski definition) is 5. The average Bonchev–Trinajstić information content (AvgIpc) is 3.16. The zero-order valence-electron chi connectivity index (χ0n) is 17.1. The van der Waals surface area contributed by atoms with E-state index in [4.69, 9.17) is 4.74 Å². The second kappa shape index (κ2) is 8.25. The van der Waals surface area contributed by atoms with Gasteiger partial charge in [0.2, 0.25) is 5.95 Å². The Hall–Kier alpha value is -3.43. The van der Waals surface area contributed by atoms with Crippen LogP contribution in [0.3, 0.4) is 0 Å². The van der Waals surface area contributed by atoms with Crippen LogP contribution in [0.4, 0.5) is 4.39 Å². The van der Waals surface area contributed by atoms with E-state index in [1.54, 1.807) is 65.8 Å². The summed E-state index contributed by atoms with van der Waals surface area (Å²) >= 11 is 0. The van der Waals surface area contributed by atoms with Gasteiger partial charge in [-0.3, -0.25) is 13.6 Å². The van der Waals surface area contributed by atoms with Crippen LogP contribution in [-0.2, 0) is 15.5 Å². The zero-order valence-corrected chi connectivity index (χ0v) is 17.9. The summed E-state index contributed by atoms with van der Waals surface area (Å²) in [6.45, 7) is 1.01. The first-order valence-corrected chi connectivity index (χ1v) is 11.5. The largest absolute Gasteiger partial charge is 0.377 e. The highest BCUT2D eigenvalue weighted by Gasteiger charge is 2.22. The van der Waals surface area contributed by atoms with Crippen LogP contribution < -0.4 is 5.32 Å². The Labute approximate surface area is 185 Å². The third kappa shape index (κ3) is 3.69. The third-order valence-corrected chi connectivity index (χ3v) is 6.30. The Morgan fingerprint density at radius 1 is 1.19 bits per heavy atom. The molecule has 7 nitrogen and oxygen atoms in total. The molecule has 2 aromatic carbocycles. The van der Waals surface area contributed by atoms with Gasteiger partial charge in [-0.05, 0) is 18.2 Å². The lowest BCUT2D eigenvalue weighted by atomic mass is 10.1. The predicted octanol–water partition coefficient (Wildman–Crippen LogP) is 3.09. The minimum Gasteiger partial charge on any atom is -0.377 e. The van der Waals surface area contributed by atoms with Crippen LogP contribution in [0.15, 0.2) is 66.0 Å². The van der Waals surface area contributed by atoms with Gasteiger partial charge in [0.05, 0.1) is 40.5 Å². The Kier molecular flexibility index (Phi) is 5.28. The SMILES string of the molecule is CS(=O)c1cn(-c2ncc(-c3ccccc3F)cn2)c2cc(C(=O)NC3COC3)ccc12. The van der Waals surface area contributed by atoms with Gasteiger partial charge in [-0.15, -0.1) is 0 Å². The van der Waals surface area contributed by atoms with Crippen molar-refractivity contribution in [3.8, 4) is 17.1 Å². The molecule has 1 N–H and O–H groups in total. The van der Waals surface area contributed by atoms with Gasteiger partial charge in [0.1, 0.15) is 5.82 Å². The van der Waals surface area contributed by atoms with Crippen LogP contribution in [0.5, 0.6) is 0 Å². The standard InChI is InChI=1S/C23H19FN4O3S/c1-32(30)21-11-28(23-25-9-15(10-26-23)17-4-2-3-5-19(17)24)20-8-14(6-7-18(20)21)22(29)27-16-12-31-13-16/h2-11,16H,12-13H2,1H3,(H,27,29). The molecule has 1 fully saturated rings. The van der Waals surface area contributed by atoms with E-state index in [0.717, 1.165) is 5.39 Å². The minimum absolute atomic E-state index is 0.0120. The maximum Gasteiger partial charge on any atom is 0.251 e. The lowest BCUT2D eigenvalue weighted by Gasteiger charge is -2.26. The van der Waals surface area contributed by atoms with Crippen LogP contribution in [0, 0.1) is 5.82 Å². The van der Waals surface area contributed by atoms with Gasteiger partial charge in [0.25, 0.3) is 5.91 Å². The van der Waals surface area contributed by atoms with Crippen molar-refractivity contribution < 1.29 is 18.1 Å². The highest BCUT2D eigenvalue weighted by atomic mass is 32.2. The van der Waals surface area contributed by atoms with Gasteiger partial charge < -0.3 is 10.1 Å². The molecule has 32 heavy (non-hydrogen) atoms. The second-order valence-corrected chi connectivity index (χ2v) is 8.86. The van der Waals surface area contributed by atoms with E-state index in [9.17, 15) is 13.4 Å². The molecular weight excluding hydrogens is 431 g/mol. The molecule has 0 spiro atoms. The van der Waals surface area contributed by atoms with Crippen molar-refractivity contribution in [1.82, 2.24) is 19.9 Å². The highest BCUT2D eigenvalue weighted by molar-refractivity contribution is 7.84. The number of fused-ring (bicyclic) bond motifs is 1. The van der Waals surface area contributed by atoms with Crippen molar-refractivity contribution in [3.05, 3.63) is 72.4 Å². The number of hydrogen-bond donors (Lipinski definition) is 1. The number of carbonyl (C=O) groups excluding carboxylic acids is 1. The molecule has 1 atom stereocenters. The number of amides is 1.